The molecule has 0 aliphatic carbocycles. The lowest BCUT2D eigenvalue weighted by Crippen LogP contribution is -1.94. The second kappa shape index (κ2) is 5.10. The summed E-state index contributed by atoms with van der Waals surface area (Å²) in [6.45, 7) is 0. The Kier molecular flexibility index (Phi) is 3.31. The van der Waals surface area contributed by atoms with Gasteiger partial charge in [-0.05, 0) is 34.1 Å². The number of benzene rings is 1. The number of aromatic nitrogens is 3. The molecule has 0 fully saturated rings. The molecular formula is C12H9BrN4OS. The molecule has 0 unspecified atom stereocenters. The predicted octanol–water partition coefficient (Wildman–Crippen LogP) is 3.60. The normalized spacial score (nSPS) is 10.6. The highest BCUT2D eigenvalue weighted by atomic mass is 79.9. The summed E-state index contributed by atoms with van der Waals surface area (Å²) in [4.78, 5) is 12.6. The van der Waals surface area contributed by atoms with Crippen LogP contribution in [0.1, 0.15) is 0 Å². The molecule has 96 valence electrons. The Hall–Kier alpha value is -1.73. The molecule has 3 rings (SSSR count). The fourth-order valence-electron chi connectivity index (χ4n) is 1.59. The van der Waals surface area contributed by atoms with Crippen molar-refractivity contribution < 1.29 is 4.74 Å². The molecule has 0 bridgehead atoms. The summed E-state index contributed by atoms with van der Waals surface area (Å²) in [6.07, 6.45) is 3.18. The predicted molar refractivity (Wildman–Crippen MR) is 79.2 cm³/mol. The van der Waals surface area contributed by atoms with Gasteiger partial charge in [-0.3, -0.25) is 0 Å². The number of fused-ring (bicyclic) bond motifs is 1. The van der Waals surface area contributed by atoms with Gasteiger partial charge in [-0.25, -0.2) is 15.0 Å². The number of rotatable bonds is 3. The van der Waals surface area contributed by atoms with Crippen molar-refractivity contribution in [2.75, 3.05) is 12.4 Å². The van der Waals surface area contributed by atoms with Crippen molar-refractivity contribution in [3.63, 3.8) is 0 Å². The van der Waals surface area contributed by atoms with Crippen LogP contribution in [0.4, 0.5) is 10.9 Å². The molecule has 5 nitrogen and oxygen atoms in total. The van der Waals surface area contributed by atoms with Crippen molar-refractivity contribution in [2.45, 2.75) is 0 Å². The zero-order valence-corrected chi connectivity index (χ0v) is 12.3. The monoisotopic (exact) mass is 336 g/mol. The Balaban J connectivity index is 1.95. The van der Waals surface area contributed by atoms with Crippen molar-refractivity contribution in [2.24, 2.45) is 0 Å². The van der Waals surface area contributed by atoms with Crippen molar-refractivity contribution in [3.8, 4) is 5.75 Å². The maximum Gasteiger partial charge on any atom is 0.189 e. The summed E-state index contributed by atoms with van der Waals surface area (Å²) < 4.78 is 7.06. The molecule has 1 N–H and O–H groups in total. The van der Waals surface area contributed by atoms with Gasteiger partial charge in [-0.15, -0.1) is 0 Å². The third-order valence-corrected chi connectivity index (χ3v) is 4.00. The molecule has 1 aromatic carbocycles. The molecule has 0 spiro atoms. The third-order valence-electron chi connectivity index (χ3n) is 2.49. The lowest BCUT2D eigenvalue weighted by molar-refractivity contribution is 0.415. The van der Waals surface area contributed by atoms with Crippen LogP contribution in [0.2, 0.25) is 0 Å². The molecule has 0 saturated heterocycles. The van der Waals surface area contributed by atoms with Gasteiger partial charge in [0, 0.05) is 6.20 Å². The largest absolute Gasteiger partial charge is 0.497 e. The van der Waals surface area contributed by atoms with E-state index in [0.29, 0.717) is 5.82 Å². The molecule has 0 aliphatic heterocycles. The number of nitrogens with one attached hydrogen (secondary N) is 1. The molecule has 3 aromatic rings. The molecule has 0 atom stereocenters. The second-order valence-electron chi connectivity index (χ2n) is 3.70. The molecular weight excluding hydrogens is 328 g/mol. The van der Waals surface area contributed by atoms with Crippen LogP contribution in [-0.4, -0.2) is 22.1 Å². The average Bonchev–Trinajstić information content (AvgIpc) is 2.82. The highest BCUT2D eigenvalue weighted by molar-refractivity contribution is 9.10. The quantitative estimate of drug-likeness (QED) is 0.791. The minimum Gasteiger partial charge on any atom is -0.497 e. The van der Waals surface area contributed by atoms with Crippen molar-refractivity contribution >= 4 is 48.4 Å². The van der Waals surface area contributed by atoms with E-state index in [9.17, 15) is 0 Å². The molecule has 2 heterocycles. The fraction of sp³-hybridized carbons (Fsp3) is 0.0833. The van der Waals surface area contributed by atoms with Gasteiger partial charge in [0.25, 0.3) is 0 Å². The third kappa shape index (κ3) is 2.52. The van der Waals surface area contributed by atoms with E-state index < -0.39 is 0 Å². The standard InChI is InChI=1S/C12H9BrN4OS/c1-18-7-2-3-9-10(4-7)19-12(16-9)17-11-8(13)5-14-6-15-11/h2-6H,1H3,(H,14,15,16,17). The van der Waals surface area contributed by atoms with Crippen molar-refractivity contribution in [1.29, 1.82) is 0 Å². The van der Waals surface area contributed by atoms with Crippen LogP contribution in [0.3, 0.4) is 0 Å². The molecule has 19 heavy (non-hydrogen) atoms. The van der Waals surface area contributed by atoms with E-state index in [2.05, 4.69) is 36.2 Å². The summed E-state index contributed by atoms with van der Waals surface area (Å²) in [5, 5.41) is 3.95. The summed E-state index contributed by atoms with van der Waals surface area (Å²) in [7, 11) is 1.65. The Morgan fingerprint density at radius 2 is 2.26 bits per heavy atom. The smallest absolute Gasteiger partial charge is 0.189 e. The summed E-state index contributed by atoms with van der Waals surface area (Å²) in [6, 6.07) is 5.80. The lowest BCUT2D eigenvalue weighted by Gasteiger charge is -2.01. The average molecular weight is 337 g/mol. The van der Waals surface area contributed by atoms with Crippen LogP contribution in [0, 0.1) is 0 Å². The van der Waals surface area contributed by atoms with Crippen molar-refractivity contribution in [1.82, 2.24) is 15.0 Å². The number of hydrogen-bond acceptors (Lipinski definition) is 6. The zero-order valence-electron chi connectivity index (χ0n) is 9.92. The Morgan fingerprint density at radius 1 is 1.37 bits per heavy atom. The maximum absolute atomic E-state index is 5.20. The highest BCUT2D eigenvalue weighted by Gasteiger charge is 2.07. The van der Waals surface area contributed by atoms with E-state index in [1.165, 1.54) is 6.33 Å². The lowest BCUT2D eigenvalue weighted by atomic mass is 10.3. The van der Waals surface area contributed by atoms with E-state index in [-0.39, 0.29) is 0 Å². The van der Waals surface area contributed by atoms with Gasteiger partial charge in [-0.2, -0.15) is 0 Å². The van der Waals surface area contributed by atoms with Gasteiger partial charge in [0.15, 0.2) is 5.13 Å². The van der Waals surface area contributed by atoms with Gasteiger partial charge in [0.05, 0.1) is 21.8 Å². The van der Waals surface area contributed by atoms with Gasteiger partial charge < -0.3 is 10.1 Å². The number of methoxy groups -OCH3 is 1. The van der Waals surface area contributed by atoms with Crippen LogP contribution < -0.4 is 10.1 Å². The first kappa shape index (κ1) is 12.3. The van der Waals surface area contributed by atoms with Crippen LogP contribution in [-0.2, 0) is 0 Å². The van der Waals surface area contributed by atoms with Crippen LogP contribution >= 0.6 is 27.3 Å². The Labute approximate surface area is 121 Å². The summed E-state index contributed by atoms with van der Waals surface area (Å²) >= 11 is 4.94. The number of nitrogens with zero attached hydrogens (tertiary/aromatic N) is 3. The molecule has 2 aromatic heterocycles. The first-order chi connectivity index (χ1) is 9.26. The van der Waals surface area contributed by atoms with Crippen molar-refractivity contribution in [3.05, 3.63) is 35.2 Å². The van der Waals surface area contributed by atoms with E-state index in [1.54, 1.807) is 24.6 Å². The number of halogens is 1. The molecule has 0 radical (unpaired) electrons. The molecule has 0 saturated carbocycles. The minimum atomic E-state index is 0.695. The highest BCUT2D eigenvalue weighted by Crippen LogP contribution is 2.31. The van der Waals surface area contributed by atoms with Crippen LogP contribution in [0.25, 0.3) is 10.2 Å². The SMILES string of the molecule is COc1ccc2nc(Nc3ncncc3Br)sc2c1. The zero-order chi connectivity index (χ0) is 13.2. The van der Waals surface area contributed by atoms with Gasteiger partial charge in [0.1, 0.15) is 17.9 Å². The number of ether oxygens (including phenoxy) is 1. The van der Waals surface area contributed by atoms with E-state index in [1.807, 2.05) is 18.2 Å². The van der Waals surface area contributed by atoms with E-state index in [4.69, 9.17) is 4.74 Å². The first-order valence-electron chi connectivity index (χ1n) is 5.43. The number of thiazole rings is 1. The second-order valence-corrected chi connectivity index (χ2v) is 5.58. The number of anilines is 2. The number of hydrogen-bond donors (Lipinski definition) is 1. The topological polar surface area (TPSA) is 59.9 Å². The molecule has 0 amide bonds. The summed E-state index contributed by atoms with van der Waals surface area (Å²) in [5.41, 5.74) is 0.929. The minimum absolute atomic E-state index is 0.695. The Morgan fingerprint density at radius 3 is 3.05 bits per heavy atom. The van der Waals surface area contributed by atoms with E-state index in [0.717, 1.165) is 25.6 Å². The van der Waals surface area contributed by atoms with Gasteiger partial charge in [-0.1, -0.05) is 11.3 Å². The summed E-state index contributed by atoms with van der Waals surface area (Å²) in [5.74, 6) is 1.52. The first-order valence-corrected chi connectivity index (χ1v) is 7.04. The Bertz CT molecular complexity index is 731. The van der Waals surface area contributed by atoms with Crippen LogP contribution in [0.5, 0.6) is 5.75 Å². The van der Waals surface area contributed by atoms with Crippen LogP contribution in [0.15, 0.2) is 35.2 Å². The maximum atomic E-state index is 5.20. The van der Waals surface area contributed by atoms with E-state index >= 15 is 0 Å². The molecule has 7 heteroatoms. The fourth-order valence-corrected chi connectivity index (χ4v) is 2.80. The van der Waals surface area contributed by atoms with Gasteiger partial charge >= 0.3 is 0 Å². The molecule has 0 aliphatic rings. The van der Waals surface area contributed by atoms with Gasteiger partial charge in [0.2, 0.25) is 0 Å².